The standard InChI is InChI=1S/C12H16ClN3O2/c1-7-4-9(2-3-18-7)16-12(17)8-5-10(13)11(14)15-6-8/h5-7,9H,2-4H2,1H3,(H2,14,15)(H,16,17). The fourth-order valence-electron chi connectivity index (χ4n) is 1.97. The van der Waals surface area contributed by atoms with Crippen molar-refractivity contribution in [3.63, 3.8) is 0 Å². The Morgan fingerprint density at radius 1 is 1.67 bits per heavy atom. The lowest BCUT2D eigenvalue weighted by molar-refractivity contribution is 0.0136. The third-order valence-corrected chi connectivity index (χ3v) is 3.25. The van der Waals surface area contributed by atoms with E-state index in [1.165, 1.54) is 12.3 Å². The molecule has 2 atom stereocenters. The quantitative estimate of drug-likeness (QED) is 0.855. The molecular formula is C12H16ClN3O2. The molecule has 0 bridgehead atoms. The van der Waals surface area contributed by atoms with Gasteiger partial charge in [0.2, 0.25) is 0 Å². The van der Waals surface area contributed by atoms with Crippen LogP contribution in [0, 0.1) is 0 Å². The minimum absolute atomic E-state index is 0.137. The van der Waals surface area contributed by atoms with E-state index in [2.05, 4.69) is 10.3 Å². The molecule has 18 heavy (non-hydrogen) atoms. The summed E-state index contributed by atoms with van der Waals surface area (Å²) in [7, 11) is 0. The maximum Gasteiger partial charge on any atom is 0.253 e. The topological polar surface area (TPSA) is 77.2 Å². The number of nitrogens with two attached hydrogens (primary N) is 1. The molecule has 2 heterocycles. The van der Waals surface area contributed by atoms with Crippen molar-refractivity contribution in [2.45, 2.75) is 31.9 Å². The highest BCUT2D eigenvalue weighted by atomic mass is 35.5. The first-order valence-corrected chi connectivity index (χ1v) is 6.27. The fraction of sp³-hybridized carbons (Fsp3) is 0.500. The first kappa shape index (κ1) is 13.1. The largest absolute Gasteiger partial charge is 0.382 e. The highest BCUT2D eigenvalue weighted by Crippen LogP contribution is 2.18. The summed E-state index contributed by atoms with van der Waals surface area (Å²) in [5.74, 6) is 0.0522. The molecule has 1 aromatic rings. The van der Waals surface area contributed by atoms with Crippen LogP contribution in [0.5, 0.6) is 0 Å². The van der Waals surface area contributed by atoms with Gasteiger partial charge in [0.1, 0.15) is 5.82 Å². The SMILES string of the molecule is CC1CC(NC(=O)c2cnc(N)c(Cl)c2)CCO1. The van der Waals surface area contributed by atoms with Gasteiger partial charge in [-0.1, -0.05) is 11.6 Å². The van der Waals surface area contributed by atoms with E-state index in [0.29, 0.717) is 17.2 Å². The Balaban J connectivity index is 2.00. The Morgan fingerprint density at radius 2 is 2.44 bits per heavy atom. The highest BCUT2D eigenvalue weighted by Gasteiger charge is 2.21. The number of carbonyl (C=O) groups excluding carboxylic acids is 1. The monoisotopic (exact) mass is 269 g/mol. The van der Waals surface area contributed by atoms with Crippen molar-refractivity contribution in [2.24, 2.45) is 0 Å². The smallest absolute Gasteiger partial charge is 0.253 e. The number of halogens is 1. The molecule has 0 spiro atoms. The lowest BCUT2D eigenvalue weighted by Gasteiger charge is -2.27. The van der Waals surface area contributed by atoms with Crippen LogP contribution >= 0.6 is 11.6 Å². The van der Waals surface area contributed by atoms with E-state index in [0.717, 1.165) is 12.8 Å². The number of pyridine rings is 1. The van der Waals surface area contributed by atoms with Gasteiger partial charge in [0, 0.05) is 18.8 Å². The Hall–Kier alpha value is -1.33. The van der Waals surface area contributed by atoms with E-state index >= 15 is 0 Å². The third-order valence-electron chi connectivity index (χ3n) is 2.95. The van der Waals surface area contributed by atoms with Crippen molar-refractivity contribution >= 4 is 23.3 Å². The van der Waals surface area contributed by atoms with Crippen LogP contribution < -0.4 is 11.1 Å². The molecular weight excluding hydrogens is 254 g/mol. The van der Waals surface area contributed by atoms with Crippen LogP contribution in [0.15, 0.2) is 12.3 Å². The van der Waals surface area contributed by atoms with Gasteiger partial charge in [-0.3, -0.25) is 4.79 Å². The van der Waals surface area contributed by atoms with Gasteiger partial charge >= 0.3 is 0 Å². The maximum atomic E-state index is 12.0. The number of amides is 1. The van der Waals surface area contributed by atoms with Gasteiger partial charge in [-0.25, -0.2) is 4.98 Å². The molecule has 3 N–H and O–H groups in total. The second-order valence-electron chi connectivity index (χ2n) is 4.47. The van der Waals surface area contributed by atoms with Gasteiger partial charge < -0.3 is 15.8 Å². The van der Waals surface area contributed by atoms with E-state index in [1.807, 2.05) is 6.92 Å². The number of hydrogen-bond acceptors (Lipinski definition) is 4. The normalized spacial score (nSPS) is 23.7. The van der Waals surface area contributed by atoms with Gasteiger partial charge in [0.25, 0.3) is 5.91 Å². The van der Waals surface area contributed by atoms with Crippen molar-refractivity contribution in [2.75, 3.05) is 12.3 Å². The number of aromatic nitrogens is 1. The molecule has 1 aromatic heterocycles. The second kappa shape index (κ2) is 5.54. The molecule has 0 aromatic carbocycles. The van der Waals surface area contributed by atoms with Gasteiger partial charge in [-0.2, -0.15) is 0 Å². The molecule has 1 saturated heterocycles. The number of carbonyl (C=O) groups is 1. The molecule has 2 unspecified atom stereocenters. The Labute approximate surface area is 111 Å². The van der Waals surface area contributed by atoms with Crippen LogP contribution in [0.2, 0.25) is 5.02 Å². The van der Waals surface area contributed by atoms with Crippen LogP contribution in [0.1, 0.15) is 30.1 Å². The molecule has 6 heteroatoms. The summed E-state index contributed by atoms with van der Waals surface area (Å²) in [6.45, 7) is 2.67. The summed E-state index contributed by atoms with van der Waals surface area (Å²) in [5, 5.41) is 3.25. The summed E-state index contributed by atoms with van der Waals surface area (Å²) >= 11 is 5.84. The first-order chi connectivity index (χ1) is 8.56. The molecule has 2 rings (SSSR count). The minimum atomic E-state index is -0.177. The zero-order chi connectivity index (χ0) is 13.1. The number of anilines is 1. The maximum absolute atomic E-state index is 12.0. The summed E-state index contributed by atoms with van der Waals surface area (Å²) < 4.78 is 5.43. The second-order valence-corrected chi connectivity index (χ2v) is 4.87. The molecule has 0 saturated carbocycles. The summed E-state index contributed by atoms with van der Waals surface area (Å²) in [6.07, 6.45) is 3.25. The molecule has 5 nitrogen and oxygen atoms in total. The van der Waals surface area contributed by atoms with Gasteiger partial charge in [-0.15, -0.1) is 0 Å². The Kier molecular flexibility index (Phi) is 4.04. The van der Waals surface area contributed by atoms with Crippen LogP contribution in [0.25, 0.3) is 0 Å². The molecule has 0 radical (unpaired) electrons. The molecule has 1 amide bonds. The van der Waals surface area contributed by atoms with Crippen molar-refractivity contribution in [3.05, 3.63) is 22.8 Å². The van der Waals surface area contributed by atoms with E-state index < -0.39 is 0 Å². The first-order valence-electron chi connectivity index (χ1n) is 5.89. The third kappa shape index (κ3) is 3.11. The van der Waals surface area contributed by atoms with Crippen LogP contribution in [-0.2, 0) is 4.74 Å². The van der Waals surface area contributed by atoms with Gasteiger partial charge in [0.15, 0.2) is 0 Å². The van der Waals surface area contributed by atoms with E-state index in [4.69, 9.17) is 22.1 Å². The van der Waals surface area contributed by atoms with Crippen LogP contribution in [-0.4, -0.2) is 29.6 Å². The molecule has 0 aliphatic carbocycles. The number of nitrogens with one attached hydrogen (secondary N) is 1. The predicted octanol–water partition coefficient (Wildman–Crippen LogP) is 1.61. The summed E-state index contributed by atoms with van der Waals surface area (Å²) in [5.41, 5.74) is 5.92. The lowest BCUT2D eigenvalue weighted by atomic mass is 10.0. The zero-order valence-electron chi connectivity index (χ0n) is 10.1. The molecule has 1 aliphatic rings. The average Bonchev–Trinajstić information content (AvgIpc) is 2.32. The number of ether oxygens (including phenoxy) is 1. The van der Waals surface area contributed by atoms with Crippen molar-refractivity contribution < 1.29 is 9.53 Å². The van der Waals surface area contributed by atoms with Gasteiger partial charge in [-0.05, 0) is 25.8 Å². The number of nitrogens with zero attached hydrogens (tertiary/aromatic N) is 1. The van der Waals surface area contributed by atoms with Crippen molar-refractivity contribution in [3.8, 4) is 0 Å². The number of nitrogen functional groups attached to an aromatic ring is 1. The van der Waals surface area contributed by atoms with Crippen LogP contribution in [0.4, 0.5) is 5.82 Å². The average molecular weight is 270 g/mol. The minimum Gasteiger partial charge on any atom is -0.382 e. The summed E-state index contributed by atoms with van der Waals surface area (Å²) in [6, 6.07) is 1.67. The Morgan fingerprint density at radius 3 is 3.11 bits per heavy atom. The van der Waals surface area contributed by atoms with Crippen LogP contribution in [0.3, 0.4) is 0 Å². The molecule has 1 aliphatic heterocycles. The number of rotatable bonds is 2. The van der Waals surface area contributed by atoms with E-state index in [1.54, 1.807) is 0 Å². The molecule has 1 fully saturated rings. The Bertz CT molecular complexity index is 453. The predicted molar refractivity (Wildman–Crippen MR) is 69.6 cm³/mol. The van der Waals surface area contributed by atoms with Crippen molar-refractivity contribution in [1.29, 1.82) is 0 Å². The highest BCUT2D eigenvalue weighted by molar-refractivity contribution is 6.33. The van der Waals surface area contributed by atoms with E-state index in [9.17, 15) is 4.79 Å². The zero-order valence-corrected chi connectivity index (χ0v) is 10.9. The number of hydrogen-bond donors (Lipinski definition) is 2. The van der Waals surface area contributed by atoms with Gasteiger partial charge in [0.05, 0.1) is 16.7 Å². The van der Waals surface area contributed by atoms with E-state index in [-0.39, 0.29) is 23.9 Å². The van der Waals surface area contributed by atoms with Crippen molar-refractivity contribution in [1.82, 2.24) is 10.3 Å². The fourth-order valence-corrected chi connectivity index (χ4v) is 2.14. The molecule has 98 valence electrons. The lowest BCUT2D eigenvalue weighted by Crippen LogP contribution is -2.41. The summed E-state index contributed by atoms with van der Waals surface area (Å²) in [4.78, 5) is 15.9.